The van der Waals surface area contributed by atoms with Gasteiger partial charge in [0.1, 0.15) is 6.04 Å². The average Bonchev–Trinajstić information content (AvgIpc) is 2.69. The Labute approximate surface area is 109 Å². The number of hydrogen-bond donors (Lipinski definition) is 2. The molecule has 2 heterocycles. The minimum Gasteiger partial charge on any atom is -0.336 e. The fraction of sp³-hybridized carbons (Fsp3) is 0.308. The second-order valence-electron chi connectivity index (χ2n) is 4.75. The van der Waals surface area contributed by atoms with Crippen LogP contribution in [0.25, 0.3) is 0 Å². The molecule has 1 aromatic carbocycles. The Hall–Kier alpha value is -2.37. The highest BCUT2D eigenvalue weighted by Crippen LogP contribution is 2.23. The molecule has 2 aliphatic heterocycles. The van der Waals surface area contributed by atoms with Gasteiger partial charge in [-0.2, -0.15) is 0 Å². The molecule has 6 nitrogen and oxygen atoms in total. The van der Waals surface area contributed by atoms with Gasteiger partial charge < -0.3 is 10.2 Å². The van der Waals surface area contributed by atoms with Gasteiger partial charge in [-0.1, -0.05) is 30.3 Å². The quantitative estimate of drug-likeness (QED) is 0.775. The zero-order valence-electron chi connectivity index (χ0n) is 10.1. The summed E-state index contributed by atoms with van der Waals surface area (Å²) < 4.78 is 0. The van der Waals surface area contributed by atoms with Gasteiger partial charge >= 0.3 is 6.03 Å². The van der Waals surface area contributed by atoms with Gasteiger partial charge in [-0.05, 0) is 5.56 Å². The summed E-state index contributed by atoms with van der Waals surface area (Å²) in [6.07, 6.45) is 0. The number of urea groups is 1. The normalized spacial score (nSPS) is 25.9. The van der Waals surface area contributed by atoms with Gasteiger partial charge in [-0.3, -0.25) is 14.9 Å². The molecule has 0 aliphatic carbocycles. The number of fused-ring (bicyclic) bond motifs is 1. The lowest BCUT2D eigenvalue weighted by Gasteiger charge is -2.22. The van der Waals surface area contributed by atoms with E-state index in [1.165, 1.54) is 0 Å². The molecule has 2 saturated heterocycles. The van der Waals surface area contributed by atoms with Crippen LogP contribution >= 0.6 is 0 Å². The van der Waals surface area contributed by atoms with Crippen LogP contribution in [0.1, 0.15) is 5.56 Å². The highest BCUT2D eigenvalue weighted by atomic mass is 16.2. The van der Waals surface area contributed by atoms with Crippen LogP contribution in [-0.4, -0.2) is 35.3 Å². The minimum absolute atomic E-state index is 0.197. The highest BCUT2D eigenvalue weighted by Gasteiger charge is 2.48. The van der Waals surface area contributed by atoms with Crippen LogP contribution in [0.5, 0.6) is 0 Å². The number of likely N-dealkylation sites (tertiary alicyclic amines) is 1. The van der Waals surface area contributed by atoms with Crippen LogP contribution in [0.4, 0.5) is 4.79 Å². The lowest BCUT2D eigenvalue weighted by atomic mass is 10.0. The number of carbonyl (C=O) groups is 3. The van der Waals surface area contributed by atoms with Crippen LogP contribution in [0.2, 0.25) is 0 Å². The Balaban J connectivity index is 1.77. The number of nitrogens with one attached hydrogen (secondary N) is 2. The Morgan fingerprint density at radius 3 is 2.63 bits per heavy atom. The smallest absolute Gasteiger partial charge is 0.322 e. The standard InChI is InChI=1S/C13H13N3O3/c17-11-9-7-16(6-8-4-2-1-3-5-8)12(18)10(9)14-13(19)15-11/h1-5,9-10H,6-7H2,(H2,14,15,17,19). The third kappa shape index (κ3) is 2.05. The Kier molecular flexibility index (Phi) is 2.70. The Morgan fingerprint density at radius 2 is 1.89 bits per heavy atom. The number of benzene rings is 1. The van der Waals surface area contributed by atoms with Crippen molar-refractivity contribution >= 4 is 17.8 Å². The molecular formula is C13H13N3O3. The van der Waals surface area contributed by atoms with E-state index in [4.69, 9.17) is 0 Å². The van der Waals surface area contributed by atoms with E-state index in [1.54, 1.807) is 4.90 Å². The molecule has 2 aliphatic rings. The molecule has 19 heavy (non-hydrogen) atoms. The second-order valence-corrected chi connectivity index (χ2v) is 4.75. The predicted octanol–water partition coefficient (Wildman–Crippen LogP) is -0.147. The van der Waals surface area contributed by atoms with Crippen molar-refractivity contribution in [3.05, 3.63) is 35.9 Å². The number of amides is 4. The monoisotopic (exact) mass is 259 g/mol. The van der Waals surface area contributed by atoms with E-state index in [1.807, 2.05) is 30.3 Å². The maximum absolute atomic E-state index is 12.2. The number of imide groups is 1. The van der Waals surface area contributed by atoms with Gasteiger partial charge in [0.05, 0.1) is 5.92 Å². The topological polar surface area (TPSA) is 78.5 Å². The number of carbonyl (C=O) groups excluding carboxylic acids is 3. The fourth-order valence-corrected chi connectivity index (χ4v) is 2.53. The van der Waals surface area contributed by atoms with E-state index in [0.29, 0.717) is 13.1 Å². The van der Waals surface area contributed by atoms with Gasteiger partial charge in [0.15, 0.2) is 0 Å². The summed E-state index contributed by atoms with van der Waals surface area (Å²) in [7, 11) is 0. The molecule has 3 rings (SSSR count). The lowest BCUT2D eigenvalue weighted by Crippen LogP contribution is -2.58. The van der Waals surface area contributed by atoms with E-state index in [-0.39, 0.29) is 11.8 Å². The average molecular weight is 259 g/mol. The van der Waals surface area contributed by atoms with Crippen molar-refractivity contribution in [2.75, 3.05) is 6.54 Å². The number of hydrogen-bond acceptors (Lipinski definition) is 3. The molecule has 2 unspecified atom stereocenters. The largest absolute Gasteiger partial charge is 0.336 e. The Bertz CT molecular complexity index is 543. The highest BCUT2D eigenvalue weighted by molar-refractivity contribution is 6.05. The van der Waals surface area contributed by atoms with Crippen LogP contribution in [0.15, 0.2) is 30.3 Å². The summed E-state index contributed by atoms with van der Waals surface area (Å²) in [5.41, 5.74) is 1.00. The molecule has 0 aromatic heterocycles. The summed E-state index contributed by atoms with van der Waals surface area (Å²) in [5.74, 6) is -1.07. The summed E-state index contributed by atoms with van der Waals surface area (Å²) in [5, 5.41) is 4.70. The van der Waals surface area contributed by atoms with Gasteiger partial charge in [0.2, 0.25) is 11.8 Å². The van der Waals surface area contributed by atoms with E-state index in [0.717, 1.165) is 5.56 Å². The summed E-state index contributed by atoms with van der Waals surface area (Å²) in [4.78, 5) is 36.7. The van der Waals surface area contributed by atoms with E-state index >= 15 is 0 Å². The van der Waals surface area contributed by atoms with Crippen molar-refractivity contribution in [2.24, 2.45) is 5.92 Å². The molecule has 6 heteroatoms. The van der Waals surface area contributed by atoms with Crippen molar-refractivity contribution in [1.82, 2.24) is 15.5 Å². The van der Waals surface area contributed by atoms with Crippen molar-refractivity contribution in [2.45, 2.75) is 12.6 Å². The maximum atomic E-state index is 12.2. The fourth-order valence-electron chi connectivity index (χ4n) is 2.53. The van der Waals surface area contributed by atoms with Crippen LogP contribution in [0, 0.1) is 5.92 Å². The predicted molar refractivity (Wildman–Crippen MR) is 65.8 cm³/mol. The molecule has 2 fully saturated rings. The van der Waals surface area contributed by atoms with Crippen molar-refractivity contribution < 1.29 is 14.4 Å². The number of rotatable bonds is 2. The van der Waals surface area contributed by atoms with Crippen molar-refractivity contribution in [1.29, 1.82) is 0 Å². The maximum Gasteiger partial charge on any atom is 0.322 e. The van der Waals surface area contributed by atoms with Gasteiger partial charge in [-0.15, -0.1) is 0 Å². The number of nitrogens with zero attached hydrogens (tertiary/aromatic N) is 1. The molecule has 0 bridgehead atoms. The summed E-state index contributed by atoms with van der Waals surface area (Å²) in [6, 6.07) is 8.24. The first kappa shape index (κ1) is 11.7. The molecule has 4 amide bonds. The van der Waals surface area contributed by atoms with Crippen LogP contribution in [-0.2, 0) is 16.1 Å². The third-order valence-electron chi connectivity index (χ3n) is 3.47. The second kappa shape index (κ2) is 4.38. The van der Waals surface area contributed by atoms with E-state index in [9.17, 15) is 14.4 Å². The summed E-state index contributed by atoms with van der Waals surface area (Å²) >= 11 is 0. The first-order valence-electron chi connectivity index (χ1n) is 6.09. The lowest BCUT2D eigenvalue weighted by molar-refractivity contribution is -0.131. The summed E-state index contributed by atoms with van der Waals surface area (Å²) in [6.45, 7) is 0.792. The van der Waals surface area contributed by atoms with Gasteiger partial charge in [-0.25, -0.2) is 4.79 Å². The van der Waals surface area contributed by atoms with Gasteiger partial charge in [0, 0.05) is 13.1 Å². The molecule has 2 atom stereocenters. The zero-order valence-corrected chi connectivity index (χ0v) is 10.1. The molecule has 2 N–H and O–H groups in total. The van der Waals surface area contributed by atoms with Crippen molar-refractivity contribution in [3.63, 3.8) is 0 Å². The first-order chi connectivity index (χ1) is 9.15. The third-order valence-corrected chi connectivity index (χ3v) is 3.47. The zero-order chi connectivity index (χ0) is 13.4. The molecule has 1 aromatic rings. The SMILES string of the molecule is O=C1NC(=O)C2CN(Cc3ccccc3)C(=O)C2N1. The minimum atomic E-state index is -0.718. The Morgan fingerprint density at radius 1 is 1.16 bits per heavy atom. The first-order valence-corrected chi connectivity index (χ1v) is 6.09. The van der Waals surface area contributed by atoms with E-state index < -0.39 is 18.0 Å². The molecular weight excluding hydrogens is 246 g/mol. The van der Waals surface area contributed by atoms with Crippen molar-refractivity contribution in [3.8, 4) is 0 Å². The van der Waals surface area contributed by atoms with Crippen LogP contribution < -0.4 is 10.6 Å². The molecule has 0 saturated carbocycles. The molecule has 98 valence electrons. The molecule has 0 radical (unpaired) electrons. The van der Waals surface area contributed by atoms with E-state index in [2.05, 4.69) is 10.6 Å². The van der Waals surface area contributed by atoms with Gasteiger partial charge in [0.25, 0.3) is 0 Å². The van der Waals surface area contributed by atoms with Crippen LogP contribution in [0.3, 0.4) is 0 Å². The molecule has 0 spiro atoms.